The summed E-state index contributed by atoms with van der Waals surface area (Å²) in [5.41, 5.74) is 1.75. The van der Waals surface area contributed by atoms with E-state index < -0.39 is 0 Å². The topological polar surface area (TPSA) is 86.8 Å². The Hall–Kier alpha value is -2.58. The van der Waals surface area contributed by atoms with Crippen molar-refractivity contribution in [3.05, 3.63) is 36.7 Å². The van der Waals surface area contributed by atoms with Gasteiger partial charge in [0, 0.05) is 31.3 Å². The number of nitrogens with zero attached hydrogens (tertiary/aromatic N) is 2. The molecule has 31 heavy (non-hydrogen) atoms. The smallest absolute Gasteiger partial charge is 0.237 e. The highest BCUT2D eigenvalue weighted by Gasteiger charge is 2.39. The Kier molecular flexibility index (Phi) is 7.09. The lowest BCUT2D eigenvalue weighted by molar-refractivity contribution is -0.155. The van der Waals surface area contributed by atoms with E-state index in [-0.39, 0.29) is 24.4 Å². The summed E-state index contributed by atoms with van der Waals surface area (Å²) in [7, 11) is 0. The Morgan fingerprint density at radius 1 is 0.935 bits per heavy atom. The molecule has 2 saturated heterocycles. The lowest BCUT2D eigenvalue weighted by Crippen LogP contribution is -2.56. The number of nitrogens with one attached hydrogen (secondary N) is 2. The van der Waals surface area contributed by atoms with Crippen molar-refractivity contribution in [1.29, 1.82) is 0 Å². The van der Waals surface area contributed by atoms with E-state index in [1.54, 1.807) is 12.4 Å². The molecule has 0 spiro atoms. The van der Waals surface area contributed by atoms with Crippen molar-refractivity contribution in [1.82, 2.24) is 9.97 Å². The van der Waals surface area contributed by atoms with E-state index in [0.29, 0.717) is 24.4 Å². The van der Waals surface area contributed by atoms with Gasteiger partial charge in [0.15, 0.2) is 6.10 Å². The predicted molar refractivity (Wildman–Crippen MR) is 119 cm³/mol. The second kappa shape index (κ2) is 10.2. The van der Waals surface area contributed by atoms with Crippen molar-refractivity contribution in [3.63, 3.8) is 0 Å². The molecule has 0 bridgehead atoms. The van der Waals surface area contributed by atoms with Gasteiger partial charge in [-0.2, -0.15) is 0 Å². The van der Waals surface area contributed by atoms with E-state index in [2.05, 4.69) is 41.4 Å². The molecule has 2 aliphatic rings. The zero-order valence-corrected chi connectivity index (χ0v) is 18.4. The maximum atomic E-state index is 6.21. The van der Waals surface area contributed by atoms with Gasteiger partial charge in [0.25, 0.3) is 0 Å². The molecule has 0 aromatic carbocycles. The zero-order chi connectivity index (χ0) is 21.6. The average Bonchev–Trinajstić information content (AvgIpc) is 2.74. The molecule has 8 nitrogen and oxygen atoms in total. The largest absolute Gasteiger partial charge is 0.473 e. The maximum absolute atomic E-state index is 6.21. The fourth-order valence-corrected chi connectivity index (χ4v) is 3.78. The number of rotatable bonds is 9. The van der Waals surface area contributed by atoms with Crippen LogP contribution in [0.25, 0.3) is 0 Å². The fourth-order valence-electron chi connectivity index (χ4n) is 3.78. The first-order valence-electron chi connectivity index (χ1n) is 11.1. The van der Waals surface area contributed by atoms with Crippen LogP contribution in [0.4, 0.5) is 11.4 Å². The number of aromatic nitrogens is 2. The van der Waals surface area contributed by atoms with Crippen molar-refractivity contribution in [2.24, 2.45) is 0 Å². The van der Waals surface area contributed by atoms with Crippen LogP contribution >= 0.6 is 0 Å². The number of pyridine rings is 2. The van der Waals surface area contributed by atoms with Gasteiger partial charge in [0.2, 0.25) is 11.8 Å². The normalized spacial score (nSPS) is 22.5. The van der Waals surface area contributed by atoms with E-state index >= 15 is 0 Å². The minimum Gasteiger partial charge on any atom is -0.473 e. The maximum Gasteiger partial charge on any atom is 0.237 e. The van der Waals surface area contributed by atoms with E-state index in [0.717, 1.165) is 37.4 Å². The Morgan fingerprint density at radius 3 is 2.19 bits per heavy atom. The molecule has 2 aromatic heterocycles. The second-order valence-corrected chi connectivity index (χ2v) is 8.33. The van der Waals surface area contributed by atoms with Crippen LogP contribution in [-0.2, 0) is 9.47 Å². The van der Waals surface area contributed by atoms with Crippen molar-refractivity contribution in [3.8, 4) is 11.8 Å². The highest BCUT2D eigenvalue weighted by Crippen LogP contribution is 2.30. The minimum atomic E-state index is -0.106. The standard InChI is InChI=1S/C23H32N4O4/c1-15(2)26-18-6-4-11-25-23(18)31-20-14-29-21(20)16(3)27-19-7-5-10-24-22(19)30-17-8-12-28-13-9-17/h4-7,10-11,15-17,20-21,26-27H,8-9,12-14H2,1-3H3. The number of hydrogen-bond acceptors (Lipinski definition) is 8. The van der Waals surface area contributed by atoms with Crippen LogP contribution in [0, 0.1) is 0 Å². The number of hydrogen-bond donors (Lipinski definition) is 2. The molecule has 0 aliphatic carbocycles. The SMILES string of the molecule is CC(C)Nc1cccnc1OC1COC1C(C)Nc1cccnc1OC1CCOCC1. The summed E-state index contributed by atoms with van der Waals surface area (Å²) in [6, 6.07) is 8.06. The van der Waals surface area contributed by atoms with Crippen molar-refractivity contribution >= 4 is 11.4 Å². The Bertz CT molecular complexity index is 844. The molecule has 3 unspecified atom stereocenters. The van der Waals surface area contributed by atoms with E-state index in [1.165, 1.54) is 0 Å². The third-order valence-electron chi connectivity index (χ3n) is 5.39. The summed E-state index contributed by atoms with van der Waals surface area (Å²) < 4.78 is 23.6. The van der Waals surface area contributed by atoms with Crippen molar-refractivity contribution in [2.75, 3.05) is 30.5 Å². The van der Waals surface area contributed by atoms with Crippen LogP contribution < -0.4 is 20.1 Å². The molecule has 8 heteroatoms. The zero-order valence-electron chi connectivity index (χ0n) is 18.4. The van der Waals surface area contributed by atoms with Crippen LogP contribution in [-0.4, -0.2) is 60.2 Å². The molecule has 0 amide bonds. The van der Waals surface area contributed by atoms with Gasteiger partial charge in [-0.15, -0.1) is 0 Å². The summed E-state index contributed by atoms with van der Waals surface area (Å²) in [5.74, 6) is 1.22. The third kappa shape index (κ3) is 5.57. The number of anilines is 2. The van der Waals surface area contributed by atoms with Gasteiger partial charge in [-0.1, -0.05) is 0 Å². The summed E-state index contributed by atoms with van der Waals surface area (Å²) in [4.78, 5) is 8.85. The first-order valence-corrected chi connectivity index (χ1v) is 11.1. The van der Waals surface area contributed by atoms with Crippen LogP contribution in [0.1, 0.15) is 33.6 Å². The van der Waals surface area contributed by atoms with Gasteiger partial charge < -0.3 is 29.6 Å². The lowest BCUT2D eigenvalue weighted by Gasteiger charge is -2.40. The Labute approximate surface area is 183 Å². The molecule has 0 radical (unpaired) electrons. The van der Waals surface area contributed by atoms with Gasteiger partial charge >= 0.3 is 0 Å². The second-order valence-electron chi connectivity index (χ2n) is 8.33. The molecule has 2 aromatic rings. The molecule has 4 heterocycles. The van der Waals surface area contributed by atoms with Gasteiger partial charge in [-0.3, -0.25) is 0 Å². The number of ether oxygens (including phenoxy) is 4. The van der Waals surface area contributed by atoms with Gasteiger partial charge in [0.05, 0.1) is 37.2 Å². The molecule has 168 valence electrons. The molecule has 2 aliphatic heterocycles. The molecule has 0 saturated carbocycles. The van der Waals surface area contributed by atoms with Gasteiger partial charge in [-0.05, 0) is 45.0 Å². The van der Waals surface area contributed by atoms with Crippen molar-refractivity contribution < 1.29 is 18.9 Å². The lowest BCUT2D eigenvalue weighted by atomic mass is 10.0. The minimum absolute atomic E-state index is 0.00482. The molecular formula is C23H32N4O4. The molecule has 2 N–H and O–H groups in total. The molecule has 3 atom stereocenters. The molecular weight excluding hydrogens is 396 g/mol. The molecule has 2 fully saturated rings. The predicted octanol–water partition coefficient (Wildman–Crippen LogP) is 3.50. The van der Waals surface area contributed by atoms with E-state index in [9.17, 15) is 0 Å². The van der Waals surface area contributed by atoms with Crippen LogP contribution in [0.5, 0.6) is 11.8 Å². The van der Waals surface area contributed by atoms with Crippen molar-refractivity contribution in [2.45, 2.75) is 64.0 Å². The van der Waals surface area contributed by atoms with Crippen LogP contribution in [0.3, 0.4) is 0 Å². The Morgan fingerprint density at radius 2 is 1.58 bits per heavy atom. The highest BCUT2D eigenvalue weighted by molar-refractivity contribution is 5.54. The van der Waals surface area contributed by atoms with Crippen LogP contribution in [0.15, 0.2) is 36.7 Å². The first kappa shape index (κ1) is 21.6. The monoisotopic (exact) mass is 428 g/mol. The Balaban J connectivity index is 1.38. The third-order valence-corrected chi connectivity index (χ3v) is 5.39. The van der Waals surface area contributed by atoms with Gasteiger partial charge in [0.1, 0.15) is 12.2 Å². The van der Waals surface area contributed by atoms with E-state index in [1.807, 2.05) is 24.3 Å². The summed E-state index contributed by atoms with van der Waals surface area (Å²) in [5, 5.41) is 6.88. The summed E-state index contributed by atoms with van der Waals surface area (Å²) >= 11 is 0. The average molecular weight is 429 g/mol. The summed E-state index contributed by atoms with van der Waals surface area (Å²) in [6.45, 7) is 8.25. The summed E-state index contributed by atoms with van der Waals surface area (Å²) in [6.07, 6.45) is 5.19. The highest BCUT2D eigenvalue weighted by atomic mass is 16.6. The quantitative estimate of drug-likeness (QED) is 0.628. The van der Waals surface area contributed by atoms with Crippen LogP contribution in [0.2, 0.25) is 0 Å². The first-order chi connectivity index (χ1) is 15.1. The van der Waals surface area contributed by atoms with E-state index in [4.69, 9.17) is 18.9 Å². The fraction of sp³-hybridized carbons (Fsp3) is 0.565. The molecule has 4 rings (SSSR count). The van der Waals surface area contributed by atoms with Gasteiger partial charge in [-0.25, -0.2) is 9.97 Å².